The Morgan fingerprint density at radius 2 is 2.04 bits per heavy atom. The van der Waals surface area contributed by atoms with Crippen molar-refractivity contribution in [3.05, 3.63) is 59.2 Å². The van der Waals surface area contributed by atoms with E-state index < -0.39 is 0 Å². The Kier molecular flexibility index (Phi) is 6.07. The maximum absolute atomic E-state index is 5.49. The van der Waals surface area contributed by atoms with Crippen LogP contribution >= 0.6 is 23.1 Å². The van der Waals surface area contributed by atoms with E-state index in [1.807, 2.05) is 24.6 Å². The lowest BCUT2D eigenvalue weighted by atomic mass is 9.93. The van der Waals surface area contributed by atoms with E-state index in [1.165, 1.54) is 10.5 Å². The van der Waals surface area contributed by atoms with Crippen LogP contribution in [0.4, 0.5) is 10.9 Å². The Morgan fingerprint density at radius 1 is 1.22 bits per heavy atom. The summed E-state index contributed by atoms with van der Waals surface area (Å²) in [4.78, 5) is 11.6. The topological polar surface area (TPSA) is 47.0 Å². The molecule has 1 aliphatic heterocycles. The van der Waals surface area contributed by atoms with E-state index in [2.05, 4.69) is 40.6 Å². The van der Waals surface area contributed by atoms with Gasteiger partial charge in [0.2, 0.25) is 0 Å². The predicted octanol–water partition coefficient (Wildman–Crippen LogP) is 5.71. The Hall–Kier alpha value is -1.89. The number of nitrogens with zero attached hydrogens (tertiary/aromatic N) is 2. The molecule has 3 aromatic rings. The van der Waals surface area contributed by atoms with Gasteiger partial charge in [-0.1, -0.05) is 30.0 Å². The molecule has 0 atom stereocenters. The summed E-state index contributed by atoms with van der Waals surface area (Å²) in [5, 5.41) is 6.33. The summed E-state index contributed by atoms with van der Waals surface area (Å²) in [6, 6.07) is 12.7. The van der Waals surface area contributed by atoms with Crippen LogP contribution in [-0.2, 0) is 11.2 Å². The van der Waals surface area contributed by atoms with Crippen molar-refractivity contribution >= 4 is 34.0 Å². The largest absolute Gasteiger partial charge is 0.381 e. The van der Waals surface area contributed by atoms with Crippen molar-refractivity contribution in [3.8, 4) is 0 Å². The van der Waals surface area contributed by atoms with Gasteiger partial charge in [0, 0.05) is 29.7 Å². The molecule has 2 aromatic heterocycles. The first kappa shape index (κ1) is 18.5. The van der Waals surface area contributed by atoms with Crippen LogP contribution < -0.4 is 5.32 Å². The van der Waals surface area contributed by atoms with Gasteiger partial charge in [-0.15, -0.1) is 11.3 Å². The van der Waals surface area contributed by atoms with Gasteiger partial charge in [0.15, 0.2) is 5.13 Å². The van der Waals surface area contributed by atoms with Crippen LogP contribution in [0.5, 0.6) is 0 Å². The number of ether oxygens (including phenoxy) is 1. The van der Waals surface area contributed by atoms with E-state index in [9.17, 15) is 0 Å². The molecule has 27 heavy (non-hydrogen) atoms. The number of pyridine rings is 1. The summed E-state index contributed by atoms with van der Waals surface area (Å²) in [7, 11) is 0. The molecule has 1 N–H and O–H groups in total. The van der Waals surface area contributed by atoms with Crippen molar-refractivity contribution in [2.75, 3.05) is 18.5 Å². The average Bonchev–Trinajstić information content (AvgIpc) is 3.10. The van der Waals surface area contributed by atoms with Crippen LogP contribution in [0.3, 0.4) is 0 Å². The second kappa shape index (κ2) is 8.87. The second-order valence-corrected chi connectivity index (χ2v) is 8.76. The molecule has 4 nitrogen and oxygen atoms in total. The van der Waals surface area contributed by atoms with Gasteiger partial charge in [0.1, 0.15) is 5.82 Å². The van der Waals surface area contributed by atoms with Gasteiger partial charge in [-0.2, -0.15) is 0 Å². The highest BCUT2D eigenvalue weighted by molar-refractivity contribution is 7.99. The van der Waals surface area contributed by atoms with Crippen molar-refractivity contribution in [2.45, 2.75) is 36.0 Å². The number of hydrogen-bond donors (Lipinski definition) is 1. The van der Waals surface area contributed by atoms with Crippen LogP contribution in [0.2, 0.25) is 0 Å². The lowest BCUT2D eigenvalue weighted by Crippen LogP contribution is -2.17. The highest BCUT2D eigenvalue weighted by atomic mass is 32.2. The van der Waals surface area contributed by atoms with Crippen LogP contribution in [0.1, 0.15) is 24.1 Å². The first-order valence-electron chi connectivity index (χ1n) is 9.25. The van der Waals surface area contributed by atoms with Crippen LogP contribution in [0.25, 0.3) is 0 Å². The lowest BCUT2D eigenvalue weighted by molar-refractivity contribution is 0.0665. The third kappa shape index (κ3) is 5.09. The van der Waals surface area contributed by atoms with Crippen LogP contribution in [0, 0.1) is 12.8 Å². The van der Waals surface area contributed by atoms with Gasteiger partial charge in [0.25, 0.3) is 0 Å². The molecular formula is C21H23N3OS2. The van der Waals surface area contributed by atoms with E-state index >= 15 is 0 Å². The third-order valence-electron chi connectivity index (χ3n) is 4.59. The molecular weight excluding hydrogens is 374 g/mol. The number of anilines is 2. The molecule has 140 valence electrons. The molecule has 1 aliphatic rings. The Labute approximate surface area is 168 Å². The molecule has 0 saturated carbocycles. The summed E-state index contributed by atoms with van der Waals surface area (Å²) >= 11 is 3.35. The molecule has 0 unspecified atom stereocenters. The number of nitrogens with one attached hydrogen (secondary N) is 1. The molecule has 0 radical (unpaired) electrons. The van der Waals surface area contributed by atoms with E-state index in [-0.39, 0.29) is 0 Å². The minimum Gasteiger partial charge on any atom is -0.381 e. The van der Waals surface area contributed by atoms with E-state index in [0.29, 0.717) is 5.92 Å². The van der Waals surface area contributed by atoms with Crippen molar-refractivity contribution in [1.82, 2.24) is 9.97 Å². The number of aryl methyl sites for hydroxylation is 1. The minimum absolute atomic E-state index is 0.690. The van der Waals surface area contributed by atoms with Gasteiger partial charge >= 0.3 is 0 Å². The van der Waals surface area contributed by atoms with Crippen molar-refractivity contribution < 1.29 is 4.74 Å². The first-order chi connectivity index (χ1) is 13.3. The van der Waals surface area contributed by atoms with Gasteiger partial charge in [0.05, 0.1) is 10.6 Å². The highest BCUT2D eigenvalue weighted by Crippen LogP contribution is 2.35. The maximum atomic E-state index is 5.49. The summed E-state index contributed by atoms with van der Waals surface area (Å²) in [6.07, 6.45) is 5.35. The van der Waals surface area contributed by atoms with E-state index in [1.54, 1.807) is 23.1 Å². The molecule has 0 aliphatic carbocycles. The molecule has 3 heterocycles. The summed E-state index contributed by atoms with van der Waals surface area (Å²) in [5.74, 6) is 1.56. The average molecular weight is 398 g/mol. The molecule has 0 bridgehead atoms. The van der Waals surface area contributed by atoms with E-state index in [4.69, 9.17) is 9.72 Å². The summed E-state index contributed by atoms with van der Waals surface area (Å²) in [5.41, 5.74) is 2.32. The number of thiazole rings is 1. The minimum atomic E-state index is 0.690. The third-order valence-corrected chi connectivity index (χ3v) is 6.50. The van der Waals surface area contributed by atoms with Gasteiger partial charge in [-0.05, 0) is 55.9 Å². The Morgan fingerprint density at radius 3 is 2.78 bits per heavy atom. The molecule has 4 rings (SSSR count). The molecule has 6 heteroatoms. The van der Waals surface area contributed by atoms with Crippen molar-refractivity contribution in [2.24, 2.45) is 5.92 Å². The molecule has 1 aromatic carbocycles. The highest BCUT2D eigenvalue weighted by Gasteiger charge is 2.16. The van der Waals surface area contributed by atoms with Gasteiger partial charge < -0.3 is 10.1 Å². The zero-order valence-corrected chi connectivity index (χ0v) is 17.0. The zero-order valence-electron chi connectivity index (χ0n) is 15.4. The number of aromatic nitrogens is 2. The fourth-order valence-corrected chi connectivity index (χ4v) is 4.83. The molecule has 0 spiro atoms. The van der Waals surface area contributed by atoms with Gasteiger partial charge in [-0.25, -0.2) is 9.97 Å². The van der Waals surface area contributed by atoms with Crippen molar-refractivity contribution in [1.29, 1.82) is 0 Å². The Balaban J connectivity index is 1.58. The quantitative estimate of drug-likeness (QED) is 0.577. The maximum Gasteiger partial charge on any atom is 0.188 e. The lowest BCUT2D eigenvalue weighted by Gasteiger charge is -2.22. The first-order valence-corrected chi connectivity index (χ1v) is 10.9. The van der Waals surface area contributed by atoms with Gasteiger partial charge in [-0.3, -0.25) is 0 Å². The second-order valence-electron chi connectivity index (χ2n) is 6.78. The predicted molar refractivity (Wildman–Crippen MR) is 112 cm³/mol. The SMILES string of the molecule is Cc1csc(Nc2ncc(CC3CCOCC3)cc2Sc2ccccc2)n1. The van der Waals surface area contributed by atoms with E-state index in [0.717, 1.165) is 54.0 Å². The van der Waals surface area contributed by atoms with Crippen LogP contribution in [0.15, 0.2) is 57.8 Å². The molecule has 0 amide bonds. The zero-order chi connectivity index (χ0) is 18.5. The van der Waals surface area contributed by atoms with Crippen LogP contribution in [-0.4, -0.2) is 23.2 Å². The van der Waals surface area contributed by atoms with Crippen molar-refractivity contribution in [3.63, 3.8) is 0 Å². The standard InChI is InChI=1S/C21H23N3OS2/c1-15-14-26-21(23-15)24-20-19(27-18-5-3-2-4-6-18)12-17(13-22-20)11-16-7-9-25-10-8-16/h2-6,12-14,16H,7-11H2,1H3,(H,22,23,24). The Bertz CT molecular complexity index is 876. The normalized spacial score (nSPS) is 15.0. The fourth-order valence-electron chi connectivity index (χ4n) is 3.18. The number of rotatable bonds is 6. The summed E-state index contributed by atoms with van der Waals surface area (Å²) in [6.45, 7) is 3.77. The number of benzene rings is 1. The molecule has 1 fully saturated rings. The fraction of sp³-hybridized carbons (Fsp3) is 0.333. The monoisotopic (exact) mass is 397 g/mol. The smallest absolute Gasteiger partial charge is 0.188 e. The summed E-state index contributed by atoms with van der Waals surface area (Å²) < 4.78 is 5.49. The molecule has 1 saturated heterocycles. The number of hydrogen-bond acceptors (Lipinski definition) is 6.